The lowest BCUT2D eigenvalue weighted by Crippen LogP contribution is -2.39. The number of aromatic nitrogens is 4. The van der Waals surface area contributed by atoms with E-state index < -0.39 is 6.03 Å². The van der Waals surface area contributed by atoms with Crippen LogP contribution in [-0.2, 0) is 11.8 Å². The third kappa shape index (κ3) is 5.31. The lowest BCUT2D eigenvalue weighted by Gasteiger charge is -2.18. The van der Waals surface area contributed by atoms with Gasteiger partial charge in [0.05, 0.1) is 17.6 Å². The molecule has 0 atom stereocenters. The molecule has 0 radical (unpaired) electrons. The van der Waals surface area contributed by atoms with Crippen LogP contribution in [-0.4, -0.2) is 75.0 Å². The summed E-state index contributed by atoms with van der Waals surface area (Å²) in [5.41, 5.74) is 2.22. The van der Waals surface area contributed by atoms with Crippen molar-refractivity contribution in [3.63, 3.8) is 0 Å². The molecule has 34 heavy (non-hydrogen) atoms. The van der Waals surface area contributed by atoms with E-state index in [1.54, 1.807) is 54.2 Å². The van der Waals surface area contributed by atoms with E-state index in [-0.39, 0.29) is 6.03 Å². The highest BCUT2D eigenvalue weighted by atomic mass is 16.5. The molecule has 0 saturated carbocycles. The molecule has 178 valence electrons. The van der Waals surface area contributed by atoms with E-state index in [1.165, 1.54) is 4.90 Å². The predicted octanol–water partition coefficient (Wildman–Crippen LogP) is 3.28. The number of pyridine rings is 2. The van der Waals surface area contributed by atoms with Crippen molar-refractivity contribution >= 4 is 17.9 Å². The number of urea groups is 2. The molecule has 1 saturated heterocycles. The van der Waals surface area contributed by atoms with E-state index in [0.29, 0.717) is 49.3 Å². The molecule has 11 nitrogen and oxygen atoms in total. The van der Waals surface area contributed by atoms with E-state index in [0.717, 1.165) is 17.7 Å². The number of ether oxygens (including phenoxy) is 2. The first-order valence-corrected chi connectivity index (χ1v) is 10.9. The quantitative estimate of drug-likeness (QED) is 0.508. The number of carbonyl (C=O) groups is 2. The Kier molecular flexibility index (Phi) is 7.02. The highest BCUT2D eigenvalue weighted by Gasteiger charge is 2.32. The molecule has 1 fully saturated rings. The molecule has 1 aliphatic rings. The van der Waals surface area contributed by atoms with Crippen molar-refractivity contribution in [2.24, 2.45) is 7.05 Å². The number of rotatable bonds is 8. The van der Waals surface area contributed by atoms with E-state index in [9.17, 15) is 9.59 Å². The predicted molar refractivity (Wildman–Crippen MR) is 125 cm³/mol. The fourth-order valence-electron chi connectivity index (χ4n) is 3.59. The highest BCUT2D eigenvalue weighted by molar-refractivity contribution is 6.01. The number of nitrogens with zero attached hydrogens (tertiary/aromatic N) is 6. The average Bonchev–Trinajstić information content (AvgIpc) is 3.42. The van der Waals surface area contributed by atoms with Gasteiger partial charge in [-0.2, -0.15) is 5.10 Å². The number of nitrogens with one attached hydrogen (secondary N) is 1. The van der Waals surface area contributed by atoms with Gasteiger partial charge >= 0.3 is 12.1 Å². The fraction of sp³-hybridized carbons (Fsp3) is 0.348. The van der Waals surface area contributed by atoms with Crippen LogP contribution in [0.1, 0.15) is 12.1 Å². The van der Waals surface area contributed by atoms with Gasteiger partial charge in [0.15, 0.2) is 0 Å². The van der Waals surface area contributed by atoms with Gasteiger partial charge in [-0.05, 0) is 31.5 Å². The van der Waals surface area contributed by atoms with E-state index in [2.05, 4.69) is 20.4 Å². The Hall–Kier alpha value is -3.99. The van der Waals surface area contributed by atoms with Crippen LogP contribution >= 0.6 is 0 Å². The minimum atomic E-state index is -0.505. The van der Waals surface area contributed by atoms with Crippen LogP contribution in [0.5, 0.6) is 11.5 Å². The van der Waals surface area contributed by atoms with Crippen molar-refractivity contribution in [1.82, 2.24) is 29.5 Å². The zero-order chi connectivity index (χ0) is 24.1. The molecule has 0 unspecified atom stereocenters. The van der Waals surface area contributed by atoms with Crippen molar-refractivity contribution < 1.29 is 19.1 Å². The maximum atomic E-state index is 12.6. The maximum Gasteiger partial charge on any atom is 0.331 e. The van der Waals surface area contributed by atoms with Crippen molar-refractivity contribution in [2.45, 2.75) is 13.3 Å². The maximum absolute atomic E-state index is 12.6. The Morgan fingerprint density at radius 1 is 1.24 bits per heavy atom. The topological polar surface area (TPSA) is 115 Å². The Morgan fingerprint density at radius 2 is 2.09 bits per heavy atom. The molecule has 11 heteroatoms. The molecule has 4 rings (SSSR count). The average molecular weight is 466 g/mol. The largest absolute Gasteiger partial charge is 0.455 e. The van der Waals surface area contributed by atoms with Gasteiger partial charge in [0, 0.05) is 64.4 Å². The summed E-state index contributed by atoms with van der Waals surface area (Å²) in [4.78, 5) is 36.7. The number of methoxy groups -OCH3 is 1. The van der Waals surface area contributed by atoms with E-state index in [1.807, 2.05) is 19.3 Å². The van der Waals surface area contributed by atoms with Crippen molar-refractivity contribution in [1.29, 1.82) is 0 Å². The summed E-state index contributed by atoms with van der Waals surface area (Å²) in [7, 11) is 3.46. The molecule has 1 aliphatic heterocycles. The van der Waals surface area contributed by atoms with Crippen LogP contribution in [0.25, 0.3) is 11.3 Å². The molecule has 0 aromatic carbocycles. The molecular formula is C23H27N7O4. The summed E-state index contributed by atoms with van der Waals surface area (Å²) in [5, 5.41) is 6.86. The Balaban J connectivity index is 1.38. The van der Waals surface area contributed by atoms with Gasteiger partial charge in [-0.25, -0.2) is 19.5 Å². The summed E-state index contributed by atoms with van der Waals surface area (Å²) in [5.74, 6) is 1.49. The summed E-state index contributed by atoms with van der Waals surface area (Å²) >= 11 is 0. The van der Waals surface area contributed by atoms with Crippen LogP contribution in [0.15, 0.2) is 42.9 Å². The zero-order valence-corrected chi connectivity index (χ0v) is 19.4. The summed E-state index contributed by atoms with van der Waals surface area (Å²) in [6.07, 6.45) is 6.00. The number of hydrogen-bond donors (Lipinski definition) is 1. The second-order valence-corrected chi connectivity index (χ2v) is 7.86. The minimum Gasteiger partial charge on any atom is -0.455 e. The monoisotopic (exact) mass is 465 g/mol. The number of imide groups is 1. The number of hydrogen-bond acceptors (Lipinski definition) is 7. The molecular weight excluding hydrogens is 438 g/mol. The van der Waals surface area contributed by atoms with Gasteiger partial charge in [-0.15, -0.1) is 0 Å². The molecule has 3 aromatic heterocycles. The third-order valence-electron chi connectivity index (χ3n) is 5.35. The number of carbonyl (C=O) groups excluding carboxylic acids is 2. The summed E-state index contributed by atoms with van der Waals surface area (Å²) < 4.78 is 12.7. The summed E-state index contributed by atoms with van der Waals surface area (Å²) in [6, 6.07) is 6.13. The Labute approximate surface area is 197 Å². The van der Waals surface area contributed by atoms with Crippen LogP contribution in [0.2, 0.25) is 0 Å². The number of aryl methyl sites for hydroxylation is 2. The van der Waals surface area contributed by atoms with Crippen LogP contribution in [0.3, 0.4) is 0 Å². The SMILES string of the molecule is COCCCN1CCN(C(=O)Nc2ccc(Oc3ccnc(-c4cnn(C)c4)c3)c(C)n2)C1=O. The molecule has 4 amide bonds. The van der Waals surface area contributed by atoms with Crippen molar-refractivity contribution in [3.8, 4) is 22.8 Å². The second-order valence-electron chi connectivity index (χ2n) is 7.86. The third-order valence-corrected chi connectivity index (χ3v) is 5.35. The van der Waals surface area contributed by atoms with Crippen molar-refractivity contribution in [2.75, 3.05) is 38.7 Å². The normalized spacial score (nSPS) is 13.4. The van der Waals surface area contributed by atoms with Gasteiger partial charge < -0.3 is 14.4 Å². The zero-order valence-electron chi connectivity index (χ0n) is 19.4. The van der Waals surface area contributed by atoms with E-state index >= 15 is 0 Å². The molecule has 1 N–H and O–H groups in total. The van der Waals surface area contributed by atoms with Crippen LogP contribution in [0.4, 0.5) is 15.4 Å². The first-order valence-electron chi connectivity index (χ1n) is 10.9. The van der Waals surface area contributed by atoms with Crippen LogP contribution in [0, 0.1) is 6.92 Å². The standard InChI is InChI=1S/C23H27N7O4/c1-16-20(34-18-7-8-24-19(13-18)17-14-25-28(2)15-17)5-6-21(26-16)27-22(31)30-11-10-29(23(30)32)9-4-12-33-3/h5-8,13-15H,4,9-12H2,1-3H3,(H,26,27,31). The van der Waals surface area contributed by atoms with Gasteiger partial charge in [-0.1, -0.05) is 0 Å². The van der Waals surface area contributed by atoms with E-state index in [4.69, 9.17) is 9.47 Å². The molecule has 0 aliphatic carbocycles. The minimum absolute atomic E-state index is 0.313. The Bertz CT molecular complexity index is 1180. The Morgan fingerprint density at radius 3 is 2.82 bits per heavy atom. The van der Waals surface area contributed by atoms with Gasteiger partial charge in [0.2, 0.25) is 0 Å². The van der Waals surface area contributed by atoms with Gasteiger partial charge in [0.1, 0.15) is 17.3 Å². The molecule has 3 aromatic rings. The second kappa shape index (κ2) is 10.3. The first-order chi connectivity index (χ1) is 16.4. The smallest absolute Gasteiger partial charge is 0.331 e. The highest BCUT2D eigenvalue weighted by Crippen LogP contribution is 2.28. The first kappa shape index (κ1) is 23.2. The fourth-order valence-corrected chi connectivity index (χ4v) is 3.59. The van der Waals surface area contributed by atoms with Gasteiger partial charge in [0.25, 0.3) is 0 Å². The summed E-state index contributed by atoms with van der Waals surface area (Å²) in [6.45, 7) is 3.74. The van der Waals surface area contributed by atoms with Gasteiger partial charge in [-0.3, -0.25) is 15.0 Å². The molecule has 0 bridgehead atoms. The number of amides is 4. The van der Waals surface area contributed by atoms with Crippen LogP contribution < -0.4 is 10.1 Å². The number of anilines is 1. The van der Waals surface area contributed by atoms with Crippen molar-refractivity contribution in [3.05, 3.63) is 48.5 Å². The lowest BCUT2D eigenvalue weighted by molar-refractivity contribution is 0.171. The molecule has 4 heterocycles. The molecule has 0 spiro atoms. The lowest BCUT2D eigenvalue weighted by atomic mass is 10.2.